The van der Waals surface area contributed by atoms with Gasteiger partial charge >= 0.3 is 0 Å². The van der Waals surface area contributed by atoms with Crippen molar-refractivity contribution >= 4 is 5.91 Å². The largest absolute Gasteiger partial charge is 0.341 e. The maximum Gasteiger partial charge on any atom is 0.230 e. The van der Waals surface area contributed by atoms with E-state index in [0.717, 1.165) is 6.07 Å². The van der Waals surface area contributed by atoms with Crippen LogP contribution in [-0.2, 0) is 11.3 Å². The molecule has 1 rings (SSSR count). The van der Waals surface area contributed by atoms with E-state index in [1.807, 2.05) is 0 Å². The van der Waals surface area contributed by atoms with Crippen LogP contribution in [0, 0.1) is 17.0 Å². The van der Waals surface area contributed by atoms with Gasteiger partial charge in [-0.15, -0.1) is 0 Å². The lowest BCUT2D eigenvalue weighted by Crippen LogP contribution is -2.55. The third kappa shape index (κ3) is 3.33. The van der Waals surface area contributed by atoms with Crippen molar-refractivity contribution in [1.82, 2.24) is 4.90 Å². The number of nitrogens with two attached hydrogens (primary N) is 1. The van der Waals surface area contributed by atoms with Crippen LogP contribution in [0.3, 0.4) is 0 Å². The maximum absolute atomic E-state index is 13.6. The van der Waals surface area contributed by atoms with Crippen molar-refractivity contribution in [3.63, 3.8) is 0 Å². The number of amides is 1. The summed E-state index contributed by atoms with van der Waals surface area (Å²) in [6, 6.07) is 3.33. The second kappa shape index (κ2) is 5.48. The molecule has 2 N–H and O–H groups in total. The molecule has 0 aliphatic rings. The zero-order valence-electron chi connectivity index (χ0n) is 12.6. The fourth-order valence-corrected chi connectivity index (χ4v) is 1.73. The molecule has 0 unspecified atom stereocenters. The number of nitrogens with zero attached hydrogens (tertiary/aromatic N) is 1. The van der Waals surface area contributed by atoms with E-state index in [4.69, 9.17) is 5.73 Å². The lowest BCUT2D eigenvalue weighted by molar-refractivity contribution is -0.142. The number of halogens is 2. The Balaban J connectivity index is 2.91. The van der Waals surface area contributed by atoms with Crippen molar-refractivity contribution in [2.45, 2.75) is 39.8 Å². The number of hydrogen-bond acceptors (Lipinski definition) is 2. The van der Waals surface area contributed by atoms with E-state index in [-0.39, 0.29) is 18.0 Å². The normalized spacial score (nSPS) is 12.4. The molecular formula is C15H22F2N2O. The summed E-state index contributed by atoms with van der Waals surface area (Å²) < 4.78 is 26.5. The first-order chi connectivity index (χ1) is 8.96. The van der Waals surface area contributed by atoms with Gasteiger partial charge in [0.15, 0.2) is 0 Å². The summed E-state index contributed by atoms with van der Waals surface area (Å²) in [4.78, 5) is 13.9. The van der Waals surface area contributed by atoms with Gasteiger partial charge < -0.3 is 10.6 Å². The molecule has 0 bridgehead atoms. The molecule has 0 saturated heterocycles. The lowest BCUT2D eigenvalue weighted by atomic mass is 9.74. The summed E-state index contributed by atoms with van der Waals surface area (Å²) in [6.45, 7) is 7.14. The highest BCUT2D eigenvalue weighted by Gasteiger charge is 2.42. The van der Waals surface area contributed by atoms with Crippen LogP contribution < -0.4 is 5.73 Å². The highest BCUT2D eigenvalue weighted by Crippen LogP contribution is 2.30. The Morgan fingerprint density at radius 3 is 2.25 bits per heavy atom. The van der Waals surface area contributed by atoms with Crippen LogP contribution in [0.1, 0.15) is 33.3 Å². The predicted octanol–water partition coefficient (Wildman–Crippen LogP) is 2.69. The van der Waals surface area contributed by atoms with Crippen molar-refractivity contribution in [2.75, 3.05) is 7.05 Å². The first-order valence-corrected chi connectivity index (χ1v) is 6.45. The van der Waals surface area contributed by atoms with E-state index in [9.17, 15) is 13.6 Å². The molecule has 20 heavy (non-hydrogen) atoms. The topological polar surface area (TPSA) is 46.3 Å². The molecule has 0 aromatic heterocycles. The van der Waals surface area contributed by atoms with Crippen LogP contribution in [0.25, 0.3) is 0 Å². The Kier molecular flexibility index (Phi) is 4.54. The van der Waals surface area contributed by atoms with Gasteiger partial charge in [-0.05, 0) is 33.8 Å². The first kappa shape index (κ1) is 16.6. The van der Waals surface area contributed by atoms with Crippen molar-refractivity contribution in [2.24, 2.45) is 11.1 Å². The van der Waals surface area contributed by atoms with Gasteiger partial charge in [0.1, 0.15) is 11.6 Å². The van der Waals surface area contributed by atoms with Crippen molar-refractivity contribution in [3.05, 3.63) is 35.4 Å². The molecule has 0 spiro atoms. The number of hydrogen-bond donors (Lipinski definition) is 1. The van der Waals surface area contributed by atoms with Crippen molar-refractivity contribution < 1.29 is 13.6 Å². The number of carbonyl (C=O) groups is 1. The third-order valence-corrected chi connectivity index (χ3v) is 3.91. The smallest absolute Gasteiger partial charge is 0.230 e. The molecule has 0 saturated carbocycles. The van der Waals surface area contributed by atoms with Crippen LogP contribution in [0.15, 0.2) is 18.2 Å². The number of benzene rings is 1. The lowest BCUT2D eigenvalue weighted by Gasteiger charge is -2.39. The molecule has 5 heteroatoms. The Bertz CT molecular complexity index is 507. The van der Waals surface area contributed by atoms with E-state index >= 15 is 0 Å². The molecule has 1 amide bonds. The molecule has 0 radical (unpaired) electrons. The van der Waals surface area contributed by atoms with Gasteiger partial charge in [0.2, 0.25) is 5.91 Å². The molecule has 0 fully saturated rings. The monoisotopic (exact) mass is 284 g/mol. The van der Waals surface area contributed by atoms with Crippen LogP contribution in [0.5, 0.6) is 0 Å². The van der Waals surface area contributed by atoms with Gasteiger partial charge in [0, 0.05) is 30.8 Å². The molecule has 3 nitrogen and oxygen atoms in total. The predicted molar refractivity (Wildman–Crippen MR) is 74.9 cm³/mol. The second-order valence-corrected chi connectivity index (χ2v) is 6.24. The SMILES string of the molecule is CN(Cc1ccc(F)cc1F)C(=O)C(C)(C)C(C)(C)N. The molecule has 0 atom stereocenters. The third-order valence-electron chi connectivity index (χ3n) is 3.91. The molecule has 1 aromatic carbocycles. The Morgan fingerprint density at radius 2 is 1.80 bits per heavy atom. The summed E-state index contributed by atoms with van der Waals surface area (Å²) in [6.07, 6.45) is 0. The minimum absolute atomic E-state index is 0.0739. The van der Waals surface area contributed by atoms with Gasteiger partial charge in [0.05, 0.1) is 5.41 Å². The van der Waals surface area contributed by atoms with Crippen molar-refractivity contribution in [3.8, 4) is 0 Å². The average Bonchev–Trinajstić information content (AvgIpc) is 2.30. The molecule has 0 aliphatic carbocycles. The minimum atomic E-state index is -0.793. The summed E-state index contributed by atoms with van der Waals surface area (Å²) in [5, 5.41) is 0. The van der Waals surface area contributed by atoms with Gasteiger partial charge in [-0.1, -0.05) is 6.07 Å². The fourth-order valence-electron chi connectivity index (χ4n) is 1.73. The van der Waals surface area contributed by atoms with Crippen LogP contribution >= 0.6 is 0 Å². The Morgan fingerprint density at radius 1 is 1.25 bits per heavy atom. The summed E-state index contributed by atoms with van der Waals surface area (Å²) >= 11 is 0. The second-order valence-electron chi connectivity index (χ2n) is 6.24. The van der Waals surface area contributed by atoms with E-state index in [2.05, 4.69) is 0 Å². The number of carbonyl (C=O) groups excluding carboxylic acids is 1. The van der Waals surface area contributed by atoms with Crippen LogP contribution in [0.4, 0.5) is 8.78 Å². The highest BCUT2D eigenvalue weighted by molar-refractivity contribution is 5.83. The standard InChI is InChI=1S/C15H22F2N2O/c1-14(2,15(3,4)18)13(20)19(5)9-10-6-7-11(16)8-12(10)17/h6-8H,9,18H2,1-5H3. The minimum Gasteiger partial charge on any atom is -0.341 e. The highest BCUT2D eigenvalue weighted by atomic mass is 19.1. The summed E-state index contributed by atoms with van der Waals surface area (Å²) in [5.41, 5.74) is 4.79. The Hall–Kier alpha value is -1.49. The molecular weight excluding hydrogens is 262 g/mol. The van der Waals surface area contributed by atoms with Gasteiger partial charge in [-0.25, -0.2) is 8.78 Å². The van der Waals surface area contributed by atoms with E-state index in [1.54, 1.807) is 34.7 Å². The maximum atomic E-state index is 13.6. The van der Waals surface area contributed by atoms with Gasteiger partial charge in [0.25, 0.3) is 0 Å². The van der Waals surface area contributed by atoms with E-state index in [1.165, 1.54) is 17.0 Å². The Labute approximate surface area is 118 Å². The van der Waals surface area contributed by atoms with E-state index in [0.29, 0.717) is 0 Å². The van der Waals surface area contributed by atoms with Gasteiger partial charge in [-0.2, -0.15) is 0 Å². The zero-order chi connectivity index (χ0) is 15.7. The quantitative estimate of drug-likeness (QED) is 0.924. The molecule has 0 aliphatic heterocycles. The van der Waals surface area contributed by atoms with Crippen LogP contribution in [0.2, 0.25) is 0 Å². The zero-order valence-corrected chi connectivity index (χ0v) is 12.6. The molecule has 0 heterocycles. The van der Waals surface area contributed by atoms with Crippen LogP contribution in [-0.4, -0.2) is 23.4 Å². The number of rotatable bonds is 4. The average molecular weight is 284 g/mol. The fraction of sp³-hybridized carbons (Fsp3) is 0.533. The first-order valence-electron chi connectivity index (χ1n) is 6.45. The summed E-state index contributed by atoms with van der Waals surface area (Å²) in [5.74, 6) is -1.48. The molecule has 1 aromatic rings. The molecule has 112 valence electrons. The van der Waals surface area contributed by atoms with Gasteiger partial charge in [-0.3, -0.25) is 4.79 Å². The van der Waals surface area contributed by atoms with E-state index < -0.39 is 22.6 Å². The summed E-state index contributed by atoms with van der Waals surface area (Å²) in [7, 11) is 1.58. The van der Waals surface area contributed by atoms with Crippen molar-refractivity contribution in [1.29, 1.82) is 0 Å².